The molecule has 5 nitrogen and oxygen atoms in total. The first kappa shape index (κ1) is 13.7. The van der Waals surface area contributed by atoms with E-state index < -0.39 is 0 Å². The molecule has 0 unspecified atom stereocenters. The molecule has 104 valence electrons. The van der Waals surface area contributed by atoms with Crippen molar-refractivity contribution in [2.45, 2.75) is 19.3 Å². The van der Waals surface area contributed by atoms with Gasteiger partial charge >= 0.3 is 0 Å². The second-order valence-electron chi connectivity index (χ2n) is 5.13. The van der Waals surface area contributed by atoms with E-state index in [-0.39, 0.29) is 22.8 Å². The number of ether oxygens (including phenoxy) is 1. The van der Waals surface area contributed by atoms with Gasteiger partial charge in [-0.15, -0.1) is 0 Å². The van der Waals surface area contributed by atoms with E-state index in [1.807, 2.05) is 0 Å². The molecule has 0 atom stereocenters. The Morgan fingerprint density at radius 1 is 1.37 bits per heavy atom. The number of aromatic hydroxyl groups is 2. The van der Waals surface area contributed by atoms with Gasteiger partial charge in [-0.25, -0.2) is 0 Å². The minimum Gasteiger partial charge on any atom is -0.504 e. The number of phenolic OH excluding ortho intramolecular Hbond substituents is 2. The summed E-state index contributed by atoms with van der Waals surface area (Å²) < 4.78 is 5.06. The van der Waals surface area contributed by atoms with Gasteiger partial charge in [0.1, 0.15) is 0 Å². The molecule has 1 saturated carbocycles. The summed E-state index contributed by atoms with van der Waals surface area (Å²) in [6.07, 6.45) is 3.17. The van der Waals surface area contributed by atoms with Crippen LogP contribution in [-0.2, 0) is 4.74 Å². The average molecular weight is 265 g/mol. The third-order valence-electron chi connectivity index (χ3n) is 3.66. The van der Waals surface area contributed by atoms with E-state index in [0.29, 0.717) is 18.7 Å². The molecule has 2 rings (SSSR count). The maximum atomic E-state index is 11.9. The topological polar surface area (TPSA) is 78.8 Å². The van der Waals surface area contributed by atoms with Gasteiger partial charge in [0, 0.05) is 25.8 Å². The molecule has 5 heteroatoms. The van der Waals surface area contributed by atoms with E-state index in [1.54, 1.807) is 7.11 Å². The van der Waals surface area contributed by atoms with Crippen LogP contribution in [0.3, 0.4) is 0 Å². The van der Waals surface area contributed by atoms with Crippen LogP contribution in [0.5, 0.6) is 11.5 Å². The monoisotopic (exact) mass is 265 g/mol. The Balaban J connectivity index is 1.89. The van der Waals surface area contributed by atoms with Gasteiger partial charge in [-0.3, -0.25) is 4.79 Å². The van der Waals surface area contributed by atoms with Crippen LogP contribution in [0.1, 0.15) is 29.6 Å². The first-order chi connectivity index (χ1) is 9.06. The molecule has 0 aliphatic heterocycles. The van der Waals surface area contributed by atoms with Crippen LogP contribution in [0.15, 0.2) is 18.2 Å². The number of amides is 1. The second kappa shape index (κ2) is 5.48. The van der Waals surface area contributed by atoms with Gasteiger partial charge in [-0.1, -0.05) is 0 Å². The summed E-state index contributed by atoms with van der Waals surface area (Å²) in [5.74, 6) is -0.748. The summed E-state index contributed by atoms with van der Waals surface area (Å²) in [5.41, 5.74) is 0.530. The lowest BCUT2D eigenvalue weighted by Crippen LogP contribution is -2.30. The van der Waals surface area contributed by atoms with E-state index in [4.69, 9.17) is 4.74 Å². The zero-order chi connectivity index (χ0) is 13.9. The second-order valence-corrected chi connectivity index (χ2v) is 5.13. The van der Waals surface area contributed by atoms with E-state index in [9.17, 15) is 15.0 Å². The molecule has 1 fully saturated rings. The van der Waals surface area contributed by atoms with Crippen molar-refractivity contribution in [2.24, 2.45) is 5.41 Å². The molecule has 1 aromatic rings. The molecule has 1 aliphatic rings. The van der Waals surface area contributed by atoms with Gasteiger partial charge in [0.15, 0.2) is 11.5 Å². The van der Waals surface area contributed by atoms with Gasteiger partial charge in [0.05, 0.1) is 0 Å². The summed E-state index contributed by atoms with van der Waals surface area (Å²) in [7, 11) is 1.67. The maximum Gasteiger partial charge on any atom is 0.251 e. The lowest BCUT2D eigenvalue weighted by molar-refractivity contribution is 0.0937. The summed E-state index contributed by atoms with van der Waals surface area (Å²) in [4.78, 5) is 11.9. The summed E-state index contributed by atoms with van der Waals surface area (Å²) in [6, 6.07) is 4.06. The Hall–Kier alpha value is -1.75. The maximum absolute atomic E-state index is 11.9. The van der Waals surface area contributed by atoms with Gasteiger partial charge in [0.2, 0.25) is 0 Å². The Morgan fingerprint density at radius 2 is 2.11 bits per heavy atom. The van der Waals surface area contributed by atoms with Crippen LogP contribution in [0, 0.1) is 5.41 Å². The fourth-order valence-electron chi connectivity index (χ4n) is 2.05. The van der Waals surface area contributed by atoms with Crippen molar-refractivity contribution >= 4 is 5.91 Å². The normalized spacial score (nSPS) is 16.1. The third-order valence-corrected chi connectivity index (χ3v) is 3.66. The first-order valence-electron chi connectivity index (χ1n) is 6.35. The smallest absolute Gasteiger partial charge is 0.251 e. The van der Waals surface area contributed by atoms with E-state index >= 15 is 0 Å². The summed E-state index contributed by atoms with van der Waals surface area (Å²) in [6.45, 7) is 1.33. The number of rotatable bonds is 6. The highest BCUT2D eigenvalue weighted by Gasteiger charge is 2.42. The first-order valence-corrected chi connectivity index (χ1v) is 6.35. The number of carbonyl (C=O) groups is 1. The van der Waals surface area contributed by atoms with E-state index in [2.05, 4.69) is 5.32 Å². The van der Waals surface area contributed by atoms with Crippen LogP contribution >= 0.6 is 0 Å². The van der Waals surface area contributed by atoms with Crippen molar-refractivity contribution in [2.75, 3.05) is 20.3 Å². The highest BCUT2D eigenvalue weighted by molar-refractivity contribution is 5.94. The number of methoxy groups -OCH3 is 1. The molecule has 0 aromatic heterocycles. The molecular weight excluding hydrogens is 246 g/mol. The fraction of sp³-hybridized carbons (Fsp3) is 0.500. The summed E-state index contributed by atoms with van der Waals surface area (Å²) >= 11 is 0. The Morgan fingerprint density at radius 3 is 2.68 bits per heavy atom. The molecule has 0 spiro atoms. The summed E-state index contributed by atoms with van der Waals surface area (Å²) in [5, 5.41) is 21.4. The molecule has 0 radical (unpaired) electrons. The van der Waals surface area contributed by atoms with Crippen LogP contribution in [0.2, 0.25) is 0 Å². The molecule has 0 heterocycles. The van der Waals surface area contributed by atoms with Gasteiger partial charge in [0.25, 0.3) is 5.91 Å². The molecule has 19 heavy (non-hydrogen) atoms. The van der Waals surface area contributed by atoms with Crippen LogP contribution in [0.4, 0.5) is 0 Å². The van der Waals surface area contributed by atoms with Gasteiger partial charge < -0.3 is 20.3 Å². The third kappa shape index (κ3) is 3.38. The SMILES string of the molecule is COCCC1(CNC(=O)c2ccc(O)c(O)c2)CC1. The van der Waals surface area contributed by atoms with Crippen molar-refractivity contribution in [3.05, 3.63) is 23.8 Å². The van der Waals surface area contributed by atoms with Crippen LogP contribution in [0.25, 0.3) is 0 Å². The zero-order valence-electron chi connectivity index (χ0n) is 11.0. The Labute approximate surface area is 112 Å². The molecule has 1 aliphatic carbocycles. The molecule has 0 saturated heterocycles. The van der Waals surface area contributed by atoms with Crippen LogP contribution in [-0.4, -0.2) is 36.4 Å². The minimum absolute atomic E-state index is 0.185. The highest BCUT2D eigenvalue weighted by Crippen LogP contribution is 2.48. The van der Waals surface area contributed by atoms with Crippen LogP contribution < -0.4 is 5.32 Å². The van der Waals surface area contributed by atoms with Crippen molar-refractivity contribution < 1.29 is 19.7 Å². The van der Waals surface area contributed by atoms with Gasteiger partial charge in [-0.2, -0.15) is 0 Å². The number of hydrogen-bond acceptors (Lipinski definition) is 4. The number of carbonyl (C=O) groups excluding carboxylic acids is 1. The Bertz CT molecular complexity index is 469. The van der Waals surface area contributed by atoms with Crippen molar-refractivity contribution in [1.29, 1.82) is 0 Å². The Kier molecular flexibility index (Phi) is 3.95. The molecule has 1 amide bonds. The molecule has 0 bridgehead atoms. The largest absolute Gasteiger partial charge is 0.504 e. The van der Waals surface area contributed by atoms with Gasteiger partial charge in [-0.05, 0) is 42.9 Å². The predicted molar refractivity (Wildman–Crippen MR) is 70.3 cm³/mol. The lowest BCUT2D eigenvalue weighted by Gasteiger charge is -2.15. The average Bonchev–Trinajstić information content (AvgIpc) is 3.17. The lowest BCUT2D eigenvalue weighted by atomic mass is 10.0. The molecular formula is C14H19NO4. The highest BCUT2D eigenvalue weighted by atomic mass is 16.5. The van der Waals surface area contributed by atoms with Crippen molar-refractivity contribution in [1.82, 2.24) is 5.32 Å². The number of hydrogen-bond donors (Lipinski definition) is 3. The number of benzene rings is 1. The molecule has 1 aromatic carbocycles. The van der Waals surface area contributed by atoms with E-state index in [1.165, 1.54) is 18.2 Å². The molecule has 3 N–H and O–H groups in total. The van der Waals surface area contributed by atoms with Crippen molar-refractivity contribution in [3.63, 3.8) is 0 Å². The predicted octanol–water partition coefficient (Wildman–Crippen LogP) is 1.64. The number of nitrogens with one attached hydrogen (secondary N) is 1. The van der Waals surface area contributed by atoms with E-state index in [0.717, 1.165) is 19.3 Å². The number of phenols is 2. The fourth-order valence-corrected chi connectivity index (χ4v) is 2.05. The zero-order valence-corrected chi connectivity index (χ0v) is 11.0. The standard InChI is InChI=1S/C14H19NO4/c1-19-7-6-14(4-5-14)9-15-13(18)10-2-3-11(16)12(17)8-10/h2-3,8,16-17H,4-7,9H2,1H3,(H,15,18). The minimum atomic E-state index is -0.284. The quantitative estimate of drug-likeness (QED) is 0.683. The van der Waals surface area contributed by atoms with Crippen molar-refractivity contribution in [3.8, 4) is 11.5 Å².